The molecule has 0 aromatic heterocycles. The van der Waals surface area contributed by atoms with Crippen molar-refractivity contribution in [2.75, 3.05) is 48.1 Å². The summed E-state index contributed by atoms with van der Waals surface area (Å²) in [5.74, 6) is 1.28. The highest BCUT2D eigenvalue weighted by Crippen LogP contribution is 2.52. The monoisotopic (exact) mass is 840 g/mol. The van der Waals surface area contributed by atoms with E-state index in [1.54, 1.807) is 26.8 Å². The number of methoxy groups -OCH3 is 3. The standard InChI is InChI=1S/C48H60N2O11/c1-11-22-59-42-31(3)43(56-9)45(57-10)39-37(29-58-27-32-18-14-12-15-19-32)50(25-38(52)40(39)42)46(53)36(49(7)47(54)61-48(4,5)6)24-34-23-30(2)41(55-8)44(35(34)26-51)60-28-33-20-16-13-17-21-33/h11-21,23,36-38,51-52H,1,22,24-29H2,2-10H3/t36?,37-,38?/m0/s1. The second-order valence-electron chi connectivity index (χ2n) is 15.9. The van der Waals surface area contributed by atoms with Gasteiger partial charge in [0.25, 0.3) is 0 Å². The fraction of sp³-hybridized carbons (Fsp3) is 0.417. The lowest BCUT2D eigenvalue weighted by molar-refractivity contribution is -0.144. The molecule has 2 N–H and O–H groups in total. The average molecular weight is 841 g/mol. The fourth-order valence-electron chi connectivity index (χ4n) is 7.74. The first-order chi connectivity index (χ1) is 29.2. The molecule has 0 radical (unpaired) electrons. The SMILES string of the molecule is C=CCOc1c(C)c(OC)c(OC)c2c1C(O)CN(C(=O)C(Cc1cc(C)c(OC)c(OCc3ccccc3)c1CO)N(C)C(=O)OC(C)(C)C)[C@H]2COCc1ccccc1. The van der Waals surface area contributed by atoms with Crippen LogP contribution in [0.5, 0.6) is 28.7 Å². The molecular formula is C48H60N2O11. The van der Waals surface area contributed by atoms with E-state index in [0.29, 0.717) is 62.1 Å². The number of likely N-dealkylation sites (N-methyl/N-ethyl adjacent to an activating group) is 1. The van der Waals surface area contributed by atoms with Crippen molar-refractivity contribution in [2.24, 2.45) is 0 Å². The van der Waals surface area contributed by atoms with Gasteiger partial charge in [0.15, 0.2) is 23.0 Å². The number of hydrogen-bond donors (Lipinski definition) is 2. The Morgan fingerprint density at radius 1 is 0.869 bits per heavy atom. The minimum atomic E-state index is -1.26. The number of fused-ring (bicyclic) bond motifs is 1. The molecule has 2 amide bonds. The van der Waals surface area contributed by atoms with Crippen molar-refractivity contribution in [1.29, 1.82) is 0 Å². The van der Waals surface area contributed by atoms with Gasteiger partial charge in [-0.3, -0.25) is 9.69 Å². The molecular weight excluding hydrogens is 781 g/mol. The Morgan fingerprint density at radius 3 is 2.03 bits per heavy atom. The van der Waals surface area contributed by atoms with E-state index in [1.165, 1.54) is 38.2 Å². The number of rotatable bonds is 18. The van der Waals surface area contributed by atoms with Crippen molar-refractivity contribution in [3.63, 3.8) is 0 Å². The van der Waals surface area contributed by atoms with Gasteiger partial charge in [-0.2, -0.15) is 0 Å². The summed E-state index contributed by atoms with van der Waals surface area (Å²) in [6, 6.07) is 18.9. The molecule has 4 aromatic rings. The van der Waals surface area contributed by atoms with E-state index in [1.807, 2.05) is 80.6 Å². The molecule has 328 valence electrons. The van der Waals surface area contributed by atoms with Gasteiger partial charge < -0.3 is 48.3 Å². The van der Waals surface area contributed by atoms with Gasteiger partial charge in [0.05, 0.1) is 53.7 Å². The van der Waals surface area contributed by atoms with E-state index in [0.717, 1.165) is 11.1 Å². The Labute approximate surface area is 359 Å². The number of aliphatic hydroxyl groups is 2. The molecule has 13 heteroatoms. The molecule has 0 fully saturated rings. The molecule has 13 nitrogen and oxygen atoms in total. The number of ether oxygens (including phenoxy) is 7. The molecule has 0 bridgehead atoms. The number of hydrogen-bond acceptors (Lipinski definition) is 11. The Hall–Kier alpha value is -5.76. The van der Waals surface area contributed by atoms with Gasteiger partial charge in [-0.15, -0.1) is 0 Å². The summed E-state index contributed by atoms with van der Waals surface area (Å²) < 4.78 is 42.5. The quantitative estimate of drug-likeness (QED) is 0.0957. The Balaban J connectivity index is 1.67. The van der Waals surface area contributed by atoms with E-state index in [4.69, 9.17) is 33.2 Å². The Morgan fingerprint density at radius 2 is 1.48 bits per heavy atom. The topological polar surface area (TPSA) is 146 Å². The lowest BCUT2D eigenvalue weighted by Crippen LogP contribution is -2.55. The second kappa shape index (κ2) is 20.7. The zero-order valence-corrected chi connectivity index (χ0v) is 36.8. The number of aliphatic hydroxyl groups excluding tert-OH is 2. The van der Waals surface area contributed by atoms with Crippen LogP contribution in [0.3, 0.4) is 0 Å². The Bertz CT molecular complexity index is 2140. The van der Waals surface area contributed by atoms with E-state index in [2.05, 4.69) is 6.58 Å². The normalized spacial score (nSPS) is 15.3. The van der Waals surface area contributed by atoms with Gasteiger partial charge >= 0.3 is 6.09 Å². The smallest absolute Gasteiger partial charge is 0.410 e. The predicted molar refractivity (Wildman–Crippen MR) is 231 cm³/mol. The summed E-state index contributed by atoms with van der Waals surface area (Å²) in [5.41, 5.74) is 4.03. The Kier molecular flexibility index (Phi) is 15.7. The molecule has 61 heavy (non-hydrogen) atoms. The van der Waals surface area contributed by atoms with E-state index in [9.17, 15) is 15.0 Å². The number of benzene rings is 4. The van der Waals surface area contributed by atoms with Crippen LogP contribution in [-0.2, 0) is 40.5 Å². The minimum Gasteiger partial charge on any atom is -0.493 e. The van der Waals surface area contributed by atoms with Crippen molar-refractivity contribution in [3.05, 3.63) is 124 Å². The van der Waals surface area contributed by atoms with E-state index >= 15 is 4.79 Å². The largest absolute Gasteiger partial charge is 0.493 e. The maximum atomic E-state index is 15.6. The first kappa shape index (κ1) is 46.3. The summed E-state index contributed by atoms with van der Waals surface area (Å²) in [6.45, 7) is 12.6. The molecule has 3 atom stereocenters. The van der Waals surface area contributed by atoms with Crippen molar-refractivity contribution in [1.82, 2.24) is 9.80 Å². The van der Waals surface area contributed by atoms with Crippen molar-refractivity contribution < 1.29 is 53.0 Å². The van der Waals surface area contributed by atoms with Gasteiger partial charge in [-0.1, -0.05) is 79.4 Å². The molecule has 0 spiro atoms. The highest BCUT2D eigenvalue weighted by atomic mass is 16.6. The molecule has 4 aromatic carbocycles. The summed E-state index contributed by atoms with van der Waals surface area (Å²) >= 11 is 0. The molecule has 1 heterocycles. The number of amides is 2. The van der Waals surface area contributed by atoms with Crippen molar-refractivity contribution in [3.8, 4) is 28.7 Å². The van der Waals surface area contributed by atoms with Gasteiger partial charge in [0.1, 0.15) is 36.7 Å². The third kappa shape index (κ3) is 10.6. The number of nitrogens with zero attached hydrogens (tertiary/aromatic N) is 2. The maximum Gasteiger partial charge on any atom is 0.410 e. The molecule has 2 unspecified atom stereocenters. The van der Waals surface area contributed by atoms with E-state index < -0.39 is 42.4 Å². The van der Waals surface area contributed by atoms with Crippen LogP contribution in [0.4, 0.5) is 4.79 Å². The molecule has 5 rings (SSSR count). The first-order valence-corrected chi connectivity index (χ1v) is 20.2. The summed E-state index contributed by atoms with van der Waals surface area (Å²) in [4.78, 5) is 32.3. The van der Waals surface area contributed by atoms with Crippen LogP contribution in [0.2, 0.25) is 0 Å². The second-order valence-corrected chi connectivity index (χ2v) is 15.9. The fourth-order valence-corrected chi connectivity index (χ4v) is 7.74. The van der Waals surface area contributed by atoms with Crippen LogP contribution >= 0.6 is 0 Å². The van der Waals surface area contributed by atoms with Crippen molar-refractivity contribution >= 4 is 12.0 Å². The highest BCUT2D eigenvalue weighted by molar-refractivity contribution is 5.87. The molecule has 1 aliphatic rings. The van der Waals surface area contributed by atoms with Crippen molar-refractivity contribution in [2.45, 2.75) is 84.6 Å². The van der Waals surface area contributed by atoms with Gasteiger partial charge in [0.2, 0.25) is 5.91 Å². The highest BCUT2D eigenvalue weighted by Gasteiger charge is 2.45. The van der Waals surface area contributed by atoms with Crippen LogP contribution in [0, 0.1) is 13.8 Å². The predicted octanol–water partition coefficient (Wildman–Crippen LogP) is 7.58. The number of carbonyl (C=O) groups is 2. The summed E-state index contributed by atoms with van der Waals surface area (Å²) in [5, 5.41) is 23.1. The van der Waals surface area contributed by atoms with Crippen LogP contribution in [0.15, 0.2) is 79.4 Å². The lowest BCUT2D eigenvalue weighted by Gasteiger charge is -2.43. The summed E-state index contributed by atoms with van der Waals surface area (Å²) in [7, 11) is 6.04. The minimum absolute atomic E-state index is 0.0340. The van der Waals surface area contributed by atoms with Crippen LogP contribution in [0.1, 0.15) is 77.4 Å². The molecule has 0 aliphatic carbocycles. The van der Waals surface area contributed by atoms with Gasteiger partial charge in [-0.25, -0.2) is 4.79 Å². The lowest BCUT2D eigenvalue weighted by atomic mass is 9.86. The number of carbonyl (C=O) groups excluding carboxylic acids is 2. The van der Waals surface area contributed by atoms with Crippen LogP contribution in [-0.4, -0.2) is 91.8 Å². The third-order valence-electron chi connectivity index (χ3n) is 10.6. The number of aryl methyl sites for hydroxylation is 1. The van der Waals surface area contributed by atoms with Crippen LogP contribution < -0.4 is 23.7 Å². The first-order valence-electron chi connectivity index (χ1n) is 20.2. The zero-order chi connectivity index (χ0) is 44.4. The van der Waals surface area contributed by atoms with Crippen LogP contribution in [0.25, 0.3) is 0 Å². The molecule has 1 aliphatic heterocycles. The molecule has 0 saturated heterocycles. The third-order valence-corrected chi connectivity index (χ3v) is 10.6. The van der Waals surface area contributed by atoms with Gasteiger partial charge in [0, 0.05) is 35.7 Å². The van der Waals surface area contributed by atoms with E-state index in [-0.39, 0.29) is 39.4 Å². The molecule has 0 saturated carbocycles. The average Bonchev–Trinajstić information content (AvgIpc) is 3.24. The summed E-state index contributed by atoms with van der Waals surface area (Å²) in [6.07, 6.45) is -0.475. The maximum absolute atomic E-state index is 15.6. The zero-order valence-electron chi connectivity index (χ0n) is 36.8. The number of β-amino-alcohol motifs (C(OH)–C–C–N with tert-alkyl or cyclic N) is 1. The van der Waals surface area contributed by atoms with Gasteiger partial charge in [-0.05, 0) is 56.9 Å².